The number of carbonyl (C=O) groups is 1. The van der Waals surface area contributed by atoms with E-state index in [2.05, 4.69) is 14.7 Å². The molecule has 0 atom stereocenters. The number of anilines is 1. The average Bonchev–Trinajstić information content (AvgIpc) is 3.02. The zero-order chi connectivity index (χ0) is 14.4. The van der Waals surface area contributed by atoms with E-state index in [-0.39, 0.29) is 18.2 Å². The van der Waals surface area contributed by atoms with E-state index in [4.69, 9.17) is 10.9 Å². The molecule has 0 aliphatic heterocycles. The normalized spacial score (nSPS) is 11.3. The molecule has 1 amide bonds. The largest absolute Gasteiger partial charge is 0.409 e. The predicted molar refractivity (Wildman–Crippen MR) is 76.1 cm³/mol. The van der Waals surface area contributed by atoms with Gasteiger partial charge in [-0.2, -0.15) is 0 Å². The van der Waals surface area contributed by atoms with E-state index in [1.807, 2.05) is 30.3 Å². The van der Waals surface area contributed by atoms with Gasteiger partial charge in [0.1, 0.15) is 10.7 Å². The van der Waals surface area contributed by atoms with Gasteiger partial charge in [0.25, 0.3) is 5.91 Å². The molecule has 0 unspecified atom stereocenters. The van der Waals surface area contributed by atoms with Crippen molar-refractivity contribution < 1.29 is 10.0 Å². The Kier molecular flexibility index (Phi) is 4.61. The van der Waals surface area contributed by atoms with E-state index in [1.165, 1.54) is 6.20 Å². The summed E-state index contributed by atoms with van der Waals surface area (Å²) in [6, 6.07) is 9.18. The molecule has 0 radical (unpaired) electrons. The number of nitrogens with two attached hydrogens (primary N) is 1. The molecule has 2 rings (SSSR count). The molecule has 1 aromatic heterocycles. The fraction of sp³-hybridized carbons (Fsp3) is 0.167. The van der Waals surface area contributed by atoms with Crippen molar-refractivity contribution in [2.45, 2.75) is 6.42 Å². The fourth-order valence-corrected chi connectivity index (χ4v) is 2.09. The molecule has 0 saturated heterocycles. The topological polar surface area (TPSA) is 105 Å². The van der Waals surface area contributed by atoms with Crippen molar-refractivity contribution in [3.8, 4) is 0 Å². The third-order valence-electron chi connectivity index (χ3n) is 2.61. The molecule has 0 spiro atoms. The van der Waals surface area contributed by atoms with Gasteiger partial charge >= 0.3 is 0 Å². The predicted octanol–water partition coefficient (Wildman–Crippen LogP) is 1.32. The molecule has 20 heavy (non-hydrogen) atoms. The van der Waals surface area contributed by atoms with Crippen LogP contribution < -0.4 is 10.6 Å². The maximum atomic E-state index is 12.4. The SMILES string of the molecule is NC(CCN(C(=O)c1cnns1)c1ccccc1)=NO. The van der Waals surface area contributed by atoms with E-state index in [9.17, 15) is 4.79 Å². The highest BCUT2D eigenvalue weighted by Gasteiger charge is 2.19. The zero-order valence-corrected chi connectivity index (χ0v) is 11.3. The van der Waals surface area contributed by atoms with Crippen LogP contribution in [0.4, 0.5) is 5.69 Å². The summed E-state index contributed by atoms with van der Waals surface area (Å²) in [6.07, 6.45) is 1.69. The first-order valence-corrected chi connectivity index (χ1v) is 6.60. The highest BCUT2D eigenvalue weighted by Crippen LogP contribution is 2.18. The van der Waals surface area contributed by atoms with Crippen LogP contribution in [0.15, 0.2) is 41.7 Å². The first-order chi connectivity index (χ1) is 9.72. The average molecular weight is 291 g/mol. The maximum Gasteiger partial charge on any atom is 0.271 e. The number of oxime groups is 1. The molecule has 0 aliphatic carbocycles. The van der Waals surface area contributed by atoms with Crippen molar-refractivity contribution in [3.05, 3.63) is 41.4 Å². The molecular formula is C12H13N5O2S. The summed E-state index contributed by atoms with van der Waals surface area (Å²) in [7, 11) is 0. The Morgan fingerprint density at radius 3 is 2.75 bits per heavy atom. The molecule has 2 aromatic rings. The summed E-state index contributed by atoms with van der Waals surface area (Å²) in [5.74, 6) is -0.141. The number of amides is 1. The van der Waals surface area contributed by atoms with E-state index in [1.54, 1.807) is 4.90 Å². The number of nitrogens with zero attached hydrogens (tertiary/aromatic N) is 4. The number of aromatic nitrogens is 2. The van der Waals surface area contributed by atoms with Crippen LogP contribution in [0.1, 0.15) is 16.1 Å². The van der Waals surface area contributed by atoms with E-state index in [0.29, 0.717) is 11.4 Å². The van der Waals surface area contributed by atoms with Gasteiger partial charge in [-0.1, -0.05) is 27.8 Å². The second kappa shape index (κ2) is 6.62. The summed E-state index contributed by atoms with van der Waals surface area (Å²) in [6.45, 7) is 0.302. The van der Waals surface area contributed by atoms with Crippen LogP contribution in [-0.2, 0) is 0 Å². The first-order valence-electron chi connectivity index (χ1n) is 5.83. The minimum absolute atomic E-state index is 0.0705. The minimum atomic E-state index is -0.211. The number of amidine groups is 1. The van der Waals surface area contributed by atoms with Crippen molar-refractivity contribution in [2.75, 3.05) is 11.4 Å². The van der Waals surface area contributed by atoms with Crippen LogP contribution in [0.3, 0.4) is 0 Å². The van der Waals surface area contributed by atoms with E-state index >= 15 is 0 Å². The second-order valence-electron chi connectivity index (χ2n) is 3.92. The minimum Gasteiger partial charge on any atom is -0.409 e. The molecule has 3 N–H and O–H groups in total. The molecule has 1 aromatic carbocycles. The van der Waals surface area contributed by atoms with Crippen molar-refractivity contribution in [2.24, 2.45) is 10.9 Å². The van der Waals surface area contributed by atoms with Crippen molar-refractivity contribution in [1.29, 1.82) is 0 Å². The molecule has 1 heterocycles. The summed E-state index contributed by atoms with van der Waals surface area (Å²) < 4.78 is 3.69. The summed E-state index contributed by atoms with van der Waals surface area (Å²) in [5, 5.41) is 15.2. The lowest BCUT2D eigenvalue weighted by Gasteiger charge is -2.21. The lowest BCUT2D eigenvalue weighted by Crippen LogP contribution is -2.33. The smallest absolute Gasteiger partial charge is 0.271 e. The van der Waals surface area contributed by atoms with Crippen LogP contribution in [0.2, 0.25) is 0 Å². The molecule has 0 saturated carbocycles. The van der Waals surface area contributed by atoms with Gasteiger partial charge in [-0.25, -0.2) is 0 Å². The summed E-state index contributed by atoms with van der Waals surface area (Å²) >= 11 is 1.03. The number of hydrogen-bond donors (Lipinski definition) is 2. The summed E-state index contributed by atoms with van der Waals surface area (Å²) in [4.78, 5) is 14.4. The Labute approximate surface area is 119 Å². The van der Waals surface area contributed by atoms with E-state index < -0.39 is 0 Å². The van der Waals surface area contributed by atoms with Gasteiger partial charge in [-0.3, -0.25) is 4.79 Å². The number of rotatable bonds is 5. The molecule has 0 aliphatic rings. The zero-order valence-electron chi connectivity index (χ0n) is 10.5. The van der Waals surface area contributed by atoms with Crippen LogP contribution in [-0.4, -0.2) is 33.1 Å². The molecule has 0 fully saturated rings. The Hall–Kier alpha value is -2.48. The third-order valence-corrected chi connectivity index (χ3v) is 3.26. The molecule has 8 heteroatoms. The van der Waals surface area contributed by atoms with Gasteiger partial charge in [0.2, 0.25) is 0 Å². The highest BCUT2D eigenvalue weighted by atomic mass is 32.1. The van der Waals surface area contributed by atoms with Crippen molar-refractivity contribution in [3.63, 3.8) is 0 Å². The Morgan fingerprint density at radius 2 is 2.15 bits per heavy atom. The van der Waals surface area contributed by atoms with Crippen molar-refractivity contribution >= 4 is 29.0 Å². The quantitative estimate of drug-likeness (QED) is 0.374. The Bertz CT molecular complexity index is 585. The molecule has 104 valence electrons. The van der Waals surface area contributed by atoms with Gasteiger partial charge in [-0.15, -0.1) is 5.10 Å². The standard InChI is InChI=1S/C12H13N5O2S/c13-11(15-19)6-7-17(9-4-2-1-3-5-9)12(18)10-8-14-16-20-10/h1-5,8,19H,6-7H2,(H2,13,15). The van der Waals surface area contributed by atoms with Crippen LogP contribution in [0, 0.1) is 0 Å². The van der Waals surface area contributed by atoms with Gasteiger partial charge in [0, 0.05) is 18.7 Å². The lowest BCUT2D eigenvalue weighted by atomic mass is 10.2. The van der Waals surface area contributed by atoms with Gasteiger partial charge < -0.3 is 15.8 Å². The number of benzene rings is 1. The second-order valence-corrected chi connectivity index (χ2v) is 4.70. The summed E-state index contributed by atoms with van der Waals surface area (Å²) in [5.41, 5.74) is 6.19. The Morgan fingerprint density at radius 1 is 1.40 bits per heavy atom. The highest BCUT2D eigenvalue weighted by molar-refractivity contribution is 7.07. The number of hydrogen-bond acceptors (Lipinski definition) is 6. The number of para-hydroxylation sites is 1. The molecular weight excluding hydrogens is 278 g/mol. The van der Waals surface area contributed by atoms with Gasteiger partial charge in [0.05, 0.1) is 6.20 Å². The number of carbonyl (C=O) groups excluding carboxylic acids is 1. The fourth-order valence-electron chi connectivity index (χ4n) is 1.63. The van der Waals surface area contributed by atoms with Crippen LogP contribution in [0.5, 0.6) is 0 Å². The molecule has 7 nitrogen and oxygen atoms in total. The lowest BCUT2D eigenvalue weighted by molar-refractivity contribution is 0.0991. The van der Waals surface area contributed by atoms with Gasteiger partial charge in [-0.05, 0) is 23.7 Å². The first kappa shape index (κ1) is 13.9. The molecule has 0 bridgehead atoms. The van der Waals surface area contributed by atoms with Crippen molar-refractivity contribution in [1.82, 2.24) is 9.59 Å². The van der Waals surface area contributed by atoms with E-state index in [0.717, 1.165) is 17.2 Å². The maximum absolute atomic E-state index is 12.4. The third kappa shape index (κ3) is 3.29. The van der Waals surface area contributed by atoms with Crippen LogP contribution >= 0.6 is 11.5 Å². The monoisotopic (exact) mass is 291 g/mol. The van der Waals surface area contributed by atoms with Gasteiger partial charge in [0.15, 0.2) is 0 Å². The Balaban J connectivity index is 2.22. The van der Waals surface area contributed by atoms with Crippen LogP contribution in [0.25, 0.3) is 0 Å².